The molecule has 10 heteroatoms. The van der Waals surface area contributed by atoms with Gasteiger partial charge in [-0.15, -0.1) is 0 Å². The van der Waals surface area contributed by atoms with Gasteiger partial charge in [-0.3, -0.25) is 9.59 Å². The van der Waals surface area contributed by atoms with Crippen molar-refractivity contribution in [3.8, 4) is 0 Å². The normalized spacial score (nSPS) is 14.1. The highest BCUT2D eigenvalue weighted by molar-refractivity contribution is 7.89. The number of nitrogens with zero attached hydrogens (tertiary/aromatic N) is 1. The third-order valence-corrected chi connectivity index (χ3v) is 6.57. The highest BCUT2D eigenvalue weighted by Crippen LogP contribution is 2.26. The van der Waals surface area contributed by atoms with Crippen molar-refractivity contribution in [1.82, 2.24) is 4.31 Å². The summed E-state index contributed by atoms with van der Waals surface area (Å²) < 4.78 is 39.8. The number of hydrogen-bond donors (Lipinski definition) is 2. The number of rotatable bonds is 5. The van der Waals surface area contributed by atoms with Crippen LogP contribution in [0.4, 0.5) is 15.8 Å². The minimum absolute atomic E-state index is 0.0347. The summed E-state index contributed by atoms with van der Waals surface area (Å²) in [5.74, 6) is -1.32. The topological polar surface area (TPSA) is 95.6 Å². The van der Waals surface area contributed by atoms with Crippen LogP contribution in [-0.4, -0.2) is 38.1 Å². The highest BCUT2D eigenvalue weighted by Gasteiger charge is 2.25. The average molecular weight is 440 g/mol. The van der Waals surface area contributed by atoms with Crippen LogP contribution in [0.25, 0.3) is 0 Å². The molecule has 0 unspecified atom stereocenters. The third-order valence-electron chi connectivity index (χ3n) is 4.48. The van der Waals surface area contributed by atoms with Crippen molar-refractivity contribution in [3.05, 3.63) is 52.8 Å². The molecular formula is C19H19ClFN3O4S. The van der Waals surface area contributed by atoms with Crippen molar-refractivity contribution in [2.45, 2.75) is 24.2 Å². The van der Waals surface area contributed by atoms with E-state index in [-0.39, 0.29) is 21.5 Å². The SMILES string of the molecule is CN(CC(=O)Nc1ccc(F)c(Cl)c1)S(=O)(=O)c1ccc2c(c1)CCCC(=O)N2. The molecule has 0 aromatic heterocycles. The molecule has 0 atom stereocenters. The van der Waals surface area contributed by atoms with Gasteiger partial charge in [-0.25, -0.2) is 12.8 Å². The van der Waals surface area contributed by atoms with Crippen molar-refractivity contribution in [1.29, 1.82) is 0 Å². The lowest BCUT2D eigenvalue weighted by atomic mass is 10.1. The van der Waals surface area contributed by atoms with Gasteiger partial charge in [0.05, 0.1) is 16.5 Å². The molecule has 0 bridgehead atoms. The predicted octanol–water partition coefficient (Wildman–Crippen LogP) is 3.01. The van der Waals surface area contributed by atoms with E-state index in [0.29, 0.717) is 24.9 Å². The molecule has 0 spiro atoms. The molecule has 154 valence electrons. The quantitative estimate of drug-likeness (QED) is 0.748. The van der Waals surface area contributed by atoms with Gasteiger partial charge >= 0.3 is 0 Å². The van der Waals surface area contributed by atoms with Gasteiger partial charge in [0.15, 0.2) is 0 Å². The lowest BCUT2D eigenvalue weighted by molar-refractivity contribution is -0.117. The fourth-order valence-corrected chi connectivity index (χ4v) is 4.31. The molecule has 7 nitrogen and oxygen atoms in total. The number of amides is 2. The fraction of sp³-hybridized carbons (Fsp3) is 0.263. The van der Waals surface area contributed by atoms with Crippen LogP contribution in [0, 0.1) is 5.82 Å². The first-order valence-corrected chi connectivity index (χ1v) is 10.6. The van der Waals surface area contributed by atoms with Crippen LogP contribution in [0.15, 0.2) is 41.3 Å². The number of nitrogens with one attached hydrogen (secondary N) is 2. The minimum atomic E-state index is -3.93. The molecule has 2 amide bonds. The Morgan fingerprint density at radius 2 is 2.00 bits per heavy atom. The van der Waals surface area contributed by atoms with E-state index in [4.69, 9.17) is 11.6 Å². The number of carbonyl (C=O) groups excluding carboxylic acids is 2. The molecule has 1 aliphatic heterocycles. The summed E-state index contributed by atoms with van der Waals surface area (Å²) in [4.78, 5) is 23.9. The van der Waals surface area contributed by atoms with E-state index in [9.17, 15) is 22.4 Å². The number of anilines is 2. The summed E-state index contributed by atoms with van der Waals surface area (Å²) in [6.45, 7) is -0.439. The second kappa shape index (κ2) is 8.48. The molecule has 2 aromatic rings. The Bertz CT molecular complexity index is 1080. The predicted molar refractivity (Wildman–Crippen MR) is 108 cm³/mol. The smallest absolute Gasteiger partial charge is 0.243 e. The molecule has 2 N–H and O–H groups in total. The van der Waals surface area contributed by atoms with Crippen LogP contribution in [0.5, 0.6) is 0 Å². The molecule has 3 rings (SSSR count). The zero-order valence-corrected chi connectivity index (χ0v) is 17.1. The first kappa shape index (κ1) is 21.2. The van der Waals surface area contributed by atoms with E-state index < -0.39 is 28.3 Å². The monoisotopic (exact) mass is 439 g/mol. The number of aryl methyl sites for hydroxylation is 1. The maximum Gasteiger partial charge on any atom is 0.243 e. The standard InChI is InChI=1S/C19H19ClFN3O4S/c1-24(11-19(26)22-13-5-7-16(21)15(20)10-13)29(27,28)14-6-8-17-12(9-14)3-2-4-18(25)23-17/h5-10H,2-4,11H2,1H3,(H,22,26)(H,23,25). The summed E-state index contributed by atoms with van der Waals surface area (Å²) in [7, 11) is -2.63. The Kier molecular flexibility index (Phi) is 6.21. The van der Waals surface area contributed by atoms with Gasteiger partial charge in [0, 0.05) is 24.8 Å². The largest absolute Gasteiger partial charge is 0.326 e. The Hall–Kier alpha value is -2.49. The zero-order chi connectivity index (χ0) is 21.2. The fourth-order valence-electron chi connectivity index (χ4n) is 2.95. The Morgan fingerprint density at radius 1 is 1.24 bits per heavy atom. The van der Waals surface area contributed by atoms with Crippen molar-refractivity contribution in [3.63, 3.8) is 0 Å². The number of carbonyl (C=O) groups is 2. The van der Waals surface area contributed by atoms with Crippen LogP contribution in [-0.2, 0) is 26.0 Å². The van der Waals surface area contributed by atoms with Gasteiger partial charge in [0.1, 0.15) is 5.82 Å². The van der Waals surface area contributed by atoms with Gasteiger partial charge in [-0.05, 0) is 54.8 Å². The van der Waals surface area contributed by atoms with Gasteiger partial charge in [-0.2, -0.15) is 4.31 Å². The molecular weight excluding hydrogens is 421 g/mol. The molecule has 0 fully saturated rings. The average Bonchev–Trinajstić information content (AvgIpc) is 2.84. The van der Waals surface area contributed by atoms with E-state index in [1.165, 1.54) is 31.3 Å². The van der Waals surface area contributed by atoms with Crippen LogP contribution >= 0.6 is 11.6 Å². The van der Waals surface area contributed by atoms with Crippen LogP contribution in [0.1, 0.15) is 18.4 Å². The molecule has 1 heterocycles. The van der Waals surface area contributed by atoms with E-state index in [1.807, 2.05) is 0 Å². The number of hydrogen-bond acceptors (Lipinski definition) is 4. The van der Waals surface area contributed by atoms with Crippen molar-refractivity contribution < 1.29 is 22.4 Å². The Labute approximate surface area is 172 Å². The maximum absolute atomic E-state index is 13.2. The van der Waals surface area contributed by atoms with Crippen molar-refractivity contribution >= 4 is 44.8 Å². The summed E-state index contributed by atoms with van der Waals surface area (Å²) in [6.07, 6.45) is 1.58. The number of benzene rings is 2. The first-order valence-electron chi connectivity index (χ1n) is 8.81. The third kappa shape index (κ3) is 4.92. The minimum Gasteiger partial charge on any atom is -0.326 e. The first-order chi connectivity index (χ1) is 13.7. The van der Waals surface area contributed by atoms with Crippen LogP contribution in [0.2, 0.25) is 5.02 Å². The second-order valence-electron chi connectivity index (χ2n) is 6.66. The van der Waals surface area contributed by atoms with E-state index in [0.717, 1.165) is 15.9 Å². The Morgan fingerprint density at radius 3 is 2.72 bits per heavy atom. The number of sulfonamides is 1. The van der Waals surface area contributed by atoms with Crippen LogP contribution < -0.4 is 10.6 Å². The summed E-state index contributed by atoms with van der Waals surface area (Å²) in [6, 6.07) is 8.14. The molecule has 0 radical (unpaired) electrons. The summed E-state index contributed by atoms with van der Waals surface area (Å²) in [5, 5.41) is 5.08. The molecule has 0 saturated heterocycles. The molecule has 0 saturated carbocycles. The number of fused-ring (bicyclic) bond motifs is 1. The number of halogens is 2. The molecule has 1 aliphatic rings. The van der Waals surface area contributed by atoms with E-state index >= 15 is 0 Å². The molecule has 0 aliphatic carbocycles. The van der Waals surface area contributed by atoms with Gasteiger partial charge in [-0.1, -0.05) is 11.6 Å². The molecule has 29 heavy (non-hydrogen) atoms. The van der Waals surface area contributed by atoms with E-state index in [2.05, 4.69) is 10.6 Å². The lowest BCUT2D eigenvalue weighted by Crippen LogP contribution is -2.35. The van der Waals surface area contributed by atoms with Gasteiger partial charge in [0.25, 0.3) is 0 Å². The molecule has 2 aromatic carbocycles. The Balaban J connectivity index is 1.73. The van der Waals surface area contributed by atoms with Crippen molar-refractivity contribution in [2.24, 2.45) is 0 Å². The van der Waals surface area contributed by atoms with Gasteiger partial charge < -0.3 is 10.6 Å². The lowest BCUT2D eigenvalue weighted by Gasteiger charge is -2.18. The summed E-state index contributed by atoms with van der Waals surface area (Å²) >= 11 is 5.68. The second-order valence-corrected chi connectivity index (χ2v) is 9.11. The zero-order valence-electron chi connectivity index (χ0n) is 15.5. The van der Waals surface area contributed by atoms with E-state index in [1.54, 1.807) is 6.07 Å². The highest BCUT2D eigenvalue weighted by atomic mass is 35.5. The van der Waals surface area contributed by atoms with Crippen LogP contribution in [0.3, 0.4) is 0 Å². The summed E-state index contributed by atoms with van der Waals surface area (Å²) in [5.41, 5.74) is 1.59. The van der Waals surface area contributed by atoms with Gasteiger partial charge in [0.2, 0.25) is 21.8 Å². The number of likely N-dealkylation sites (N-methyl/N-ethyl adjacent to an activating group) is 1. The maximum atomic E-state index is 13.2. The van der Waals surface area contributed by atoms with Crippen molar-refractivity contribution in [2.75, 3.05) is 24.2 Å².